The van der Waals surface area contributed by atoms with E-state index >= 15 is 0 Å². The highest BCUT2D eigenvalue weighted by Crippen LogP contribution is 2.33. The van der Waals surface area contributed by atoms with E-state index < -0.39 is 0 Å². The van der Waals surface area contributed by atoms with Crippen LogP contribution >= 0.6 is 0 Å². The molecule has 0 aliphatic carbocycles. The van der Waals surface area contributed by atoms with Gasteiger partial charge in [-0.15, -0.1) is 0 Å². The van der Waals surface area contributed by atoms with Gasteiger partial charge in [-0.25, -0.2) is 0 Å². The summed E-state index contributed by atoms with van der Waals surface area (Å²) in [4.78, 5) is 0. The highest BCUT2D eigenvalue weighted by Gasteiger charge is 2.12. The molecule has 0 amide bonds. The number of aromatic hydroxyl groups is 1. The Kier molecular flexibility index (Phi) is 3.79. The lowest BCUT2D eigenvalue weighted by atomic mass is 9.93. The molecule has 1 rings (SSSR count). The minimum Gasteiger partial charge on any atom is -0.507 e. The first-order chi connectivity index (χ1) is 7.34. The third-order valence-corrected chi connectivity index (χ3v) is 2.99. The Hall–Kier alpha value is -1.24. The van der Waals surface area contributed by atoms with Crippen molar-refractivity contribution < 1.29 is 5.11 Å². The summed E-state index contributed by atoms with van der Waals surface area (Å²) >= 11 is 0. The quantitative estimate of drug-likeness (QED) is 0.781. The van der Waals surface area contributed by atoms with E-state index in [0.717, 1.165) is 27.8 Å². The second-order valence-corrected chi connectivity index (χ2v) is 4.95. The summed E-state index contributed by atoms with van der Waals surface area (Å²) in [7, 11) is 0. The van der Waals surface area contributed by atoms with Gasteiger partial charge in [0.1, 0.15) is 5.75 Å². The third kappa shape index (κ3) is 2.46. The SMILES string of the molecule is C/C(=C/C(C)C)c1c(C)cc(C)c(C)c1O. The molecule has 0 aromatic heterocycles. The van der Waals surface area contributed by atoms with E-state index in [0.29, 0.717) is 11.7 Å². The van der Waals surface area contributed by atoms with Gasteiger partial charge in [-0.2, -0.15) is 0 Å². The predicted molar refractivity (Wildman–Crippen MR) is 70.8 cm³/mol. The van der Waals surface area contributed by atoms with Gasteiger partial charge in [0.15, 0.2) is 0 Å². The summed E-state index contributed by atoms with van der Waals surface area (Å²) in [5, 5.41) is 10.2. The average Bonchev–Trinajstić information content (AvgIpc) is 2.13. The highest BCUT2D eigenvalue weighted by atomic mass is 16.3. The number of benzene rings is 1. The second kappa shape index (κ2) is 4.73. The van der Waals surface area contributed by atoms with Gasteiger partial charge in [-0.1, -0.05) is 26.0 Å². The van der Waals surface area contributed by atoms with Gasteiger partial charge in [0.2, 0.25) is 0 Å². The van der Waals surface area contributed by atoms with E-state index in [9.17, 15) is 5.11 Å². The third-order valence-electron chi connectivity index (χ3n) is 2.99. The summed E-state index contributed by atoms with van der Waals surface area (Å²) in [6, 6.07) is 2.14. The van der Waals surface area contributed by atoms with Crippen molar-refractivity contribution in [3.63, 3.8) is 0 Å². The summed E-state index contributed by atoms with van der Waals surface area (Å²) in [6.07, 6.45) is 2.19. The van der Waals surface area contributed by atoms with Crippen molar-refractivity contribution in [1.29, 1.82) is 0 Å². The number of allylic oxidation sites excluding steroid dienone is 2. The Balaban J connectivity index is 3.40. The van der Waals surface area contributed by atoms with E-state index in [2.05, 4.69) is 39.8 Å². The molecule has 16 heavy (non-hydrogen) atoms. The second-order valence-electron chi connectivity index (χ2n) is 4.95. The normalized spacial score (nSPS) is 12.3. The van der Waals surface area contributed by atoms with Crippen molar-refractivity contribution in [3.8, 4) is 5.75 Å². The number of aryl methyl sites for hydroxylation is 2. The number of hydrogen-bond donors (Lipinski definition) is 1. The van der Waals surface area contributed by atoms with E-state index in [-0.39, 0.29) is 0 Å². The van der Waals surface area contributed by atoms with E-state index in [1.54, 1.807) is 0 Å². The van der Waals surface area contributed by atoms with Crippen molar-refractivity contribution in [2.24, 2.45) is 5.92 Å². The molecule has 1 heteroatoms. The van der Waals surface area contributed by atoms with E-state index in [1.165, 1.54) is 0 Å². The first-order valence-corrected chi connectivity index (χ1v) is 5.83. The lowest BCUT2D eigenvalue weighted by Gasteiger charge is -2.14. The molecule has 1 aromatic carbocycles. The van der Waals surface area contributed by atoms with Crippen LogP contribution in [0.25, 0.3) is 5.57 Å². The van der Waals surface area contributed by atoms with Gasteiger partial charge < -0.3 is 5.11 Å². The molecule has 0 aliphatic rings. The molecule has 0 fully saturated rings. The summed E-state index contributed by atoms with van der Waals surface area (Å²) in [5.74, 6) is 0.937. The standard InChI is InChI=1S/C15H22O/c1-9(2)7-11(4)14-12(5)8-10(3)13(6)15(14)16/h7-9,16H,1-6H3/b11-7-. The number of rotatable bonds is 2. The largest absolute Gasteiger partial charge is 0.507 e. The molecule has 0 spiro atoms. The van der Waals surface area contributed by atoms with Gasteiger partial charge in [0.05, 0.1) is 0 Å². The zero-order chi connectivity index (χ0) is 12.5. The van der Waals surface area contributed by atoms with Gasteiger partial charge >= 0.3 is 0 Å². The molecule has 0 radical (unpaired) electrons. The molecule has 0 bridgehead atoms. The van der Waals surface area contributed by atoms with Crippen LogP contribution in [-0.2, 0) is 0 Å². The molecule has 1 N–H and O–H groups in total. The lowest BCUT2D eigenvalue weighted by Crippen LogP contribution is -1.94. The Morgan fingerprint density at radius 1 is 1.19 bits per heavy atom. The molecule has 1 aromatic rings. The minimum atomic E-state index is 0.437. The van der Waals surface area contributed by atoms with Crippen LogP contribution in [0.1, 0.15) is 43.0 Å². The number of phenolic OH excluding ortho intramolecular Hbond substituents is 1. The topological polar surface area (TPSA) is 20.2 Å². The molecule has 0 saturated heterocycles. The molecular formula is C15H22O. The first kappa shape index (κ1) is 12.8. The zero-order valence-electron chi connectivity index (χ0n) is 11.2. The van der Waals surface area contributed by atoms with Gasteiger partial charge in [-0.05, 0) is 55.9 Å². The van der Waals surface area contributed by atoms with Crippen LogP contribution in [0.4, 0.5) is 0 Å². The fourth-order valence-electron chi connectivity index (χ4n) is 2.15. The maximum atomic E-state index is 10.2. The van der Waals surface area contributed by atoms with Crippen LogP contribution in [-0.4, -0.2) is 5.11 Å². The van der Waals surface area contributed by atoms with Crippen molar-refractivity contribution in [2.45, 2.75) is 41.5 Å². The zero-order valence-corrected chi connectivity index (χ0v) is 11.2. The fourth-order valence-corrected chi connectivity index (χ4v) is 2.15. The molecule has 88 valence electrons. The van der Waals surface area contributed by atoms with Crippen molar-refractivity contribution in [3.05, 3.63) is 34.4 Å². The van der Waals surface area contributed by atoms with Crippen LogP contribution < -0.4 is 0 Å². The Morgan fingerprint density at radius 2 is 1.75 bits per heavy atom. The van der Waals surface area contributed by atoms with Crippen molar-refractivity contribution in [2.75, 3.05) is 0 Å². The minimum absolute atomic E-state index is 0.437. The van der Waals surface area contributed by atoms with Crippen LogP contribution in [0.2, 0.25) is 0 Å². The van der Waals surface area contributed by atoms with Crippen LogP contribution in [0.3, 0.4) is 0 Å². The van der Waals surface area contributed by atoms with Gasteiger partial charge in [-0.3, -0.25) is 0 Å². The molecule has 0 atom stereocenters. The first-order valence-electron chi connectivity index (χ1n) is 5.83. The van der Waals surface area contributed by atoms with E-state index in [4.69, 9.17) is 0 Å². The number of hydrogen-bond acceptors (Lipinski definition) is 1. The molecule has 0 heterocycles. The Bertz CT molecular complexity index is 426. The van der Waals surface area contributed by atoms with Gasteiger partial charge in [0, 0.05) is 5.56 Å². The van der Waals surface area contributed by atoms with Crippen LogP contribution in [0, 0.1) is 26.7 Å². The Labute approximate surface area is 98.8 Å². The van der Waals surface area contributed by atoms with Crippen LogP contribution in [0.5, 0.6) is 5.75 Å². The summed E-state index contributed by atoms with van der Waals surface area (Å²) in [6.45, 7) is 12.4. The molecule has 0 aliphatic heterocycles. The van der Waals surface area contributed by atoms with Gasteiger partial charge in [0.25, 0.3) is 0 Å². The molecule has 0 unspecified atom stereocenters. The summed E-state index contributed by atoms with van der Waals surface area (Å²) in [5.41, 5.74) is 5.44. The van der Waals surface area contributed by atoms with Crippen LogP contribution in [0.15, 0.2) is 12.1 Å². The smallest absolute Gasteiger partial charge is 0.126 e. The molecule has 0 saturated carbocycles. The average molecular weight is 218 g/mol. The summed E-state index contributed by atoms with van der Waals surface area (Å²) < 4.78 is 0. The van der Waals surface area contributed by atoms with Crippen molar-refractivity contribution in [1.82, 2.24) is 0 Å². The molecule has 1 nitrogen and oxygen atoms in total. The maximum Gasteiger partial charge on any atom is 0.126 e. The number of phenols is 1. The lowest BCUT2D eigenvalue weighted by molar-refractivity contribution is 0.468. The van der Waals surface area contributed by atoms with Crippen molar-refractivity contribution >= 4 is 5.57 Å². The molecular weight excluding hydrogens is 196 g/mol. The Morgan fingerprint density at radius 3 is 2.25 bits per heavy atom. The van der Waals surface area contributed by atoms with E-state index in [1.807, 2.05) is 13.8 Å². The fraction of sp³-hybridized carbons (Fsp3) is 0.467. The predicted octanol–water partition coefficient (Wildman–Crippen LogP) is 4.38. The highest BCUT2D eigenvalue weighted by molar-refractivity contribution is 5.73. The maximum absolute atomic E-state index is 10.2. The monoisotopic (exact) mass is 218 g/mol.